The molecule has 0 bridgehead atoms. The third-order valence-corrected chi connectivity index (χ3v) is 3.89. The maximum Gasteiger partial charge on any atom is 0.142 e. The van der Waals surface area contributed by atoms with Gasteiger partial charge in [-0.2, -0.15) is 5.10 Å². The highest BCUT2D eigenvalue weighted by Gasteiger charge is 2.20. The molecule has 1 heterocycles. The van der Waals surface area contributed by atoms with Gasteiger partial charge in [0.25, 0.3) is 0 Å². The van der Waals surface area contributed by atoms with Crippen LogP contribution in [-0.4, -0.2) is 16.9 Å². The third kappa shape index (κ3) is 2.68. The van der Waals surface area contributed by atoms with E-state index in [1.807, 2.05) is 13.1 Å². The first kappa shape index (κ1) is 14.9. The van der Waals surface area contributed by atoms with Gasteiger partial charge in [-0.1, -0.05) is 20.8 Å². The van der Waals surface area contributed by atoms with Gasteiger partial charge in [0.15, 0.2) is 0 Å². The van der Waals surface area contributed by atoms with Gasteiger partial charge in [0, 0.05) is 18.7 Å². The molecule has 0 radical (unpaired) electrons. The van der Waals surface area contributed by atoms with Gasteiger partial charge in [-0.15, -0.1) is 0 Å². The first-order valence-electron chi connectivity index (χ1n) is 6.42. The van der Waals surface area contributed by atoms with Crippen LogP contribution in [0.15, 0.2) is 22.7 Å². The standard InChI is InChI=1S/C15H20BrN3O/c1-15(2,3)9-6-10(14(20-5)11(16)7-9)12-8-13(17)19(4)18-12/h6-8H,17H2,1-5H3. The van der Waals surface area contributed by atoms with E-state index in [9.17, 15) is 0 Å². The minimum Gasteiger partial charge on any atom is -0.495 e. The number of anilines is 1. The number of hydrogen-bond donors (Lipinski definition) is 1. The van der Waals surface area contributed by atoms with Crippen LogP contribution in [0.5, 0.6) is 5.75 Å². The zero-order valence-electron chi connectivity index (χ0n) is 12.5. The molecular weight excluding hydrogens is 318 g/mol. The zero-order valence-corrected chi connectivity index (χ0v) is 14.1. The number of halogens is 1. The number of benzene rings is 1. The summed E-state index contributed by atoms with van der Waals surface area (Å²) < 4.78 is 8.09. The van der Waals surface area contributed by atoms with E-state index in [1.54, 1.807) is 11.8 Å². The lowest BCUT2D eigenvalue weighted by Crippen LogP contribution is -2.11. The molecule has 4 nitrogen and oxygen atoms in total. The van der Waals surface area contributed by atoms with Crippen molar-refractivity contribution in [1.29, 1.82) is 0 Å². The second-order valence-corrected chi connectivity index (χ2v) is 6.72. The fourth-order valence-electron chi connectivity index (χ4n) is 2.04. The molecule has 0 saturated carbocycles. The minimum absolute atomic E-state index is 0.0455. The smallest absolute Gasteiger partial charge is 0.142 e. The van der Waals surface area contributed by atoms with E-state index < -0.39 is 0 Å². The van der Waals surface area contributed by atoms with Gasteiger partial charge in [-0.05, 0) is 39.0 Å². The molecule has 108 valence electrons. The Labute approximate surface area is 128 Å². The molecule has 0 aliphatic carbocycles. The first-order chi connectivity index (χ1) is 9.24. The molecule has 0 saturated heterocycles. The van der Waals surface area contributed by atoms with E-state index in [1.165, 1.54) is 5.56 Å². The highest BCUT2D eigenvalue weighted by atomic mass is 79.9. The number of methoxy groups -OCH3 is 1. The first-order valence-corrected chi connectivity index (χ1v) is 7.21. The molecule has 2 N–H and O–H groups in total. The molecule has 0 amide bonds. The summed E-state index contributed by atoms with van der Waals surface area (Å²) in [5.74, 6) is 1.40. The Hall–Kier alpha value is -1.49. The molecule has 0 spiro atoms. The summed E-state index contributed by atoms with van der Waals surface area (Å²) in [6, 6.07) is 6.07. The van der Waals surface area contributed by atoms with E-state index in [0.29, 0.717) is 5.82 Å². The van der Waals surface area contributed by atoms with Crippen LogP contribution in [0.2, 0.25) is 0 Å². The van der Waals surface area contributed by atoms with E-state index in [-0.39, 0.29) is 5.41 Å². The summed E-state index contributed by atoms with van der Waals surface area (Å²) in [4.78, 5) is 0. The average molecular weight is 338 g/mol. The van der Waals surface area contributed by atoms with Gasteiger partial charge in [-0.3, -0.25) is 4.68 Å². The summed E-state index contributed by atoms with van der Waals surface area (Å²) in [5, 5.41) is 4.44. The number of aryl methyl sites for hydroxylation is 1. The van der Waals surface area contributed by atoms with Gasteiger partial charge >= 0.3 is 0 Å². The minimum atomic E-state index is 0.0455. The summed E-state index contributed by atoms with van der Waals surface area (Å²) >= 11 is 3.58. The Balaban J connectivity index is 2.69. The van der Waals surface area contributed by atoms with Gasteiger partial charge in [0.1, 0.15) is 11.6 Å². The summed E-state index contributed by atoms with van der Waals surface area (Å²) in [6.45, 7) is 6.54. The molecular formula is C15H20BrN3O. The molecule has 0 aliphatic heterocycles. The summed E-state index contributed by atoms with van der Waals surface area (Å²) in [7, 11) is 3.49. The van der Waals surface area contributed by atoms with Crippen LogP contribution in [0.3, 0.4) is 0 Å². The van der Waals surface area contributed by atoms with E-state index >= 15 is 0 Å². The molecule has 1 aromatic heterocycles. The largest absolute Gasteiger partial charge is 0.495 e. The van der Waals surface area contributed by atoms with Crippen LogP contribution in [0.1, 0.15) is 26.3 Å². The molecule has 2 rings (SSSR count). The van der Waals surface area contributed by atoms with E-state index in [0.717, 1.165) is 21.5 Å². The number of rotatable bonds is 2. The second-order valence-electron chi connectivity index (χ2n) is 5.87. The number of nitrogen functional groups attached to an aromatic ring is 1. The lowest BCUT2D eigenvalue weighted by molar-refractivity contribution is 0.413. The number of nitrogens with two attached hydrogens (primary N) is 1. The number of aromatic nitrogens is 2. The van der Waals surface area contributed by atoms with Crippen LogP contribution < -0.4 is 10.5 Å². The normalized spacial score (nSPS) is 11.7. The average Bonchev–Trinajstić information content (AvgIpc) is 2.67. The SMILES string of the molecule is COc1c(Br)cc(C(C)(C)C)cc1-c1cc(N)n(C)n1. The highest BCUT2D eigenvalue weighted by molar-refractivity contribution is 9.10. The van der Waals surface area contributed by atoms with Gasteiger partial charge in [0.2, 0.25) is 0 Å². The van der Waals surface area contributed by atoms with E-state index in [4.69, 9.17) is 10.5 Å². The maximum atomic E-state index is 5.88. The Morgan fingerprint density at radius 3 is 2.35 bits per heavy atom. The van der Waals surface area contributed by atoms with Crippen LogP contribution in [0.25, 0.3) is 11.3 Å². The highest BCUT2D eigenvalue weighted by Crippen LogP contribution is 2.40. The van der Waals surface area contributed by atoms with Crippen LogP contribution in [-0.2, 0) is 12.5 Å². The maximum absolute atomic E-state index is 5.88. The van der Waals surface area contributed by atoms with Crippen LogP contribution in [0.4, 0.5) is 5.82 Å². The van der Waals surface area contributed by atoms with Crippen LogP contribution >= 0.6 is 15.9 Å². The Morgan fingerprint density at radius 2 is 1.90 bits per heavy atom. The Bertz CT molecular complexity index is 622. The Morgan fingerprint density at radius 1 is 1.25 bits per heavy atom. The van der Waals surface area contributed by atoms with Gasteiger partial charge in [0.05, 0.1) is 17.3 Å². The quantitative estimate of drug-likeness (QED) is 0.908. The summed E-state index contributed by atoms with van der Waals surface area (Å²) in [5.41, 5.74) is 8.89. The van der Waals surface area contributed by atoms with E-state index in [2.05, 4.69) is 53.9 Å². The fraction of sp³-hybridized carbons (Fsp3) is 0.400. The van der Waals surface area contributed by atoms with Crippen molar-refractivity contribution in [3.05, 3.63) is 28.2 Å². The lowest BCUT2D eigenvalue weighted by Gasteiger charge is -2.21. The predicted molar refractivity (Wildman–Crippen MR) is 86.0 cm³/mol. The van der Waals surface area contributed by atoms with Crippen LogP contribution in [0, 0.1) is 0 Å². The number of nitrogens with zero attached hydrogens (tertiary/aromatic N) is 2. The topological polar surface area (TPSA) is 53.1 Å². The molecule has 0 unspecified atom stereocenters. The van der Waals surface area contributed by atoms with Crippen molar-refractivity contribution in [3.8, 4) is 17.0 Å². The molecule has 2 aromatic rings. The van der Waals surface area contributed by atoms with Crippen molar-refractivity contribution in [2.24, 2.45) is 7.05 Å². The van der Waals surface area contributed by atoms with Crippen molar-refractivity contribution < 1.29 is 4.74 Å². The molecule has 0 aliphatic rings. The zero-order chi connectivity index (χ0) is 15.1. The molecule has 20 heavy (non-hydrogen) atoms. The van der Waals surface area contributed by atoms with Crippen molar-refractivity contribution in [2.75, 3.05) is 12.8 Å². The van der Waals surface area contributed by atoms with Crippen molar-refractivity contribution >= 4 is 21.7 Å². The van der Waals surface area contributed by atoms with Gasteiger partial charge < -0.3 is 10.5 Å². The van der Waals surface area contributed by atoms with Crippen molar-refractivity contribution in [1.82, 2.24) is 9.78 Å². The molecule has 5 heteroatoms. The molecule has 0 fully saturated rings. The number of hydrogen-bond acceptors (Lipinski definition) is 3. The number of ether oxygens (including phenoxy) is 1. The van der Waals surface area contributed by atoms with Crippen molar-refractivity contribution in [2.45, 2.75) is 26.2 Å². The Kier molecular flexibility index (Phi) is 3.82. The second kappa shape index (κ2) is 5.13. The van der Waals surface area contributed by atoms with Gasteiger partial charge in [-0.25, -0.2) is 0 Å². The lowest BCUT2D eigenvalue weighted by atomic mass is 9.85. The fourth-order valence-corrected chi connectivity index (χ4v) is 2.66. The third-order valence-electron chi connectivity index (χ3n) is 3.31. The predicted octanol–water partition coefficient (Wildman–Crippen LogP) is 3.74. The molecule has 0 atom stereocenters. The summed E-state index contributed by atoms with van der Waals surface area (Å²) in [6.07, 6.45) is 0. The van der Waals surface area contributed by atoms with Crippen molar-refractivity contribution in [3.63, 3.8) is 0 Å². The molecule has 1 aromatic carbocycles. The monoisotopic (exact) mass is 337 g/mol.